The molecule has 0 aliphatic rings. The van der Waals surface area contributed by atoms with Crippen LogP contribution >= 0.6 is 0 Å². The van der Waals surface area contributed by atoms with E-state index in [9.17, 15) is 10.2 Å². The van der Waals surface area contributed by atoms with Gasteiger partial charge in [-0.1, -0.05) is 0 Å². The lowest BCUT2D eigenvalue weighted by Gasteiger charge is -2.29. The van der Waals surface area contributed by atoms with Crippen LogP contribution < -0.4 is 0 Å². The number of rotatable bonds is 7. The first kappa shape index (κ1) is 14.7. The molecule has 2 aromatic rings. The van der Waals surface area contributed by atoms with E-state index < -0.39 is 5.41 Å². The number of hydrogen-bond acceptors (Lipinski definition) is 4. The van der Waals surface area contributed by atoms with Crippen molar-refractivity contribution in [3.8, 4) is 0 Å². The molecule has 2 aromatic heterocycles. The molecule has 0 aromatic carbocycles. The zero-order chi connectivity index (χ0) is 14.6. The first-order valence-corrected chi connectivity index (χ1v) is 6.82. The van der Waals surface area contributed by atoms with E-state index in [0.29, 0.717) is 12.8 Å². The van der Waals surface area contributed by atoms with Crippen LogP contribution in [0.4, 0.5) is 0 Å². The van der Waals surface area contributed by atoms with Gasteiger partial charge in [0.2, 0.25) is 0 Å². The normalized spacial score (nSPS) is 12.0. The van der Waals surface area contributed by atoms with Gasteiger partial charge in [-0.25, -0.2) is 9.97 Å². The second kappa shape index (κ2) is 6.19. The van der Waals surface area contributed by atoms with Crippen LogP contribution in [0.5, 0.6) is 0 Å². The molecule has 0 saturated carbocycles. The third-order valence-electron chi connectivity index (χ3n) is 3.80. The van der Waals surface area contributed by atoms with Gasteiger partial charge in [-0.05, 0) is 6.92 Å². The van der Waals surface area contributed by atoms with Crippen LogP contribution in [-0.4, -0.2) is 42.5 Å². The van der Waals surface area contributed by atoms with E-state index in [2.05, 4.69) is 9.97 Å². The molecule has 2 N–H and O–H groups in total. The van der Waals surface area contributed by atoms with Crippen molar-refractivity contribution in [2.75, 3.05) is 13.2 Å². The summed E-state index contributed by atoms with van der Waals surface area (Å²) < 4.78 is 3.94. The van der Waals surface area contributed by atoms with E-state index >= 15 is 0 Å². The standard InChI is InChI=1S/C14H22N4O2/c1-3-18-7-5-16-13(18)9-14(10-19,11-20)8-12-15-4-6-17(12)2/h4-7,19-20H,3,8-11H2,1-2H3. The van der Waals surface area contributed by atoms with Crippen LogP contribution in [0.1, 0.15) is 18.6 Å². The van der Waals surface area contributed by atoms with Crippen molar-refractivity contribution < 1.29 is 10.2 Å². The number of imidazole rings is 2. The van der Waals surface area contributed by atoms with Crippen molar-refractivity contribution in [3.63, 3.8) is 0 Å². The Morgan fingerprint density at radius 3 is 2.20 bits per heavy atom. The second-order valence-corrected chi connectivity index (χ2v) is 5.25. The quantitative estimate of drug-likeness (QED) is 0.768. The zero-order valence-electron chi connectivity index (χ0n) is 12.0. The molecule has 0 unspecified atom stereocenters. The summed E-state index contributed by atoms with van der Waals surface area (Å²) in [5.41, 5.74) is -0.641. The number of aryl methyl sites for hydroxylation is 2. The summed E-state index contributed by atoms with van der Waals surface area (Å²) in [5, 5.41) is 19.6. The molecule has 2 heterocycles. The van der Waals surface area contributed by atoms with Crippen molar-refractivity contribution in [2.24, 2.45) is 12.5 Å². The largest absolute Gasteiger partial charge is 0.396 e. The number of aliphatic hydroxyl groups excluding tert-OH is 2. The van der Waals surface area contributed by atoms with Crippen LogP contribution in [0, 0.1) is 5.41 Å². The number of hydrogen-bond donors (Lipinski definition) is 2. The summed E-state index contributed by atoms with van der Waals surface area (Å²) in [6, 6.07) is 0. The minimum absolute atomic E-state index is 0.104. The van der Waals surface area contributed by atoms with Crippen molar-refractivity contribution >= 4 is 0 Å². The average molecular weight is 278 g/mol. The first-order valence-electron chi connectivity index (χ1n) is 6.82. The van der Waals surface area contributed by atoms with Gasteiger partial charge in [0.25, 0.3) is 0 Å². The van der Waals surface area contributed by atoms with Gasteiger partial charge in [0.05, 0.1) is 13.2 Å². The molecule has 0 radical (unpaired) electrons. The smallest absolute Gasteiger partial charge is 0.109 e. The van der Waals surface area contributed by atoms with Crippen molar-refractivity contribution in [1.29, 1.82) is 0 Å². The van der Waals surface area contributed by atoms with Crippen LogP contribution in [-0.2, 0) is 26.4 Å². The maximum absolute atomic E-state index is 9.79. The Kier molecular flexibility index (Phi) is 4.57. The van der Waals surface area contributed by atoms with Gasteiger partial charge in [0, 0.05) is 56.6 Å². The molecule has 0 saturated heterocycles. The highest BCUT2D eigenvalue weighted by molar-refractivity contribution is 5.03. The lowest BCUT2D eigenvalue weighted by atomic mass is 9.82. The van der Waals surface area contributed by atoms with E-state index in [1.54, 1.807) is 12.4 Å². The molecule has 0 amide bonds. The second-order valence-electron chi connectivity index (χ2n) is 5.25. The molecule has 0 aliphatic heterocycles. The van der Waals surface area contributed by atoms with Crippen LogP contribution in [0.3, 0.4) is 0 Å². The van der Waals surface area contributed by atoms with Crippen LogP contribution in [0.15, 0.2) is 24.8 Å². The molecule has 20 heavy (non-hydrogen) atoms. The molecule has 6 heteroatoms. The Morgan fingerprint density at radius 1 is 1.05 bits per heavy atom. The summed E-state index contributed by atoms with van der Waals surface area (Å²) in [4.78, 5) is 8.61. The summed E-state index contributed by atoms with van der Waals surface area (Å²) in [6.45, 7) is 2.66. The maximum atomic E-state index is 9.79. The van der Waals surface area contributed by atoms with Gasteiger partial charge in [-0.15, -0.1) is 0 Å². The van der Waals surface area contributed by atoms with Crippen LogP contribution in [0.25, 0.3) is 0 Å². The number of aromatic nitrogens is 4. The first-order chi connectivity index (χ1) is 9.64. The van der Waals surface area contributed by atoms with Gasteiger partial charge in [-0.2, -0.15) is 0 Å². The Hall–Kier alpha value is -1.66. The third kappa shape index (κ3) is 2.91. The minimum Gasteiger partial charge on any atom is -0.396 e. The summed E-state index contributed by atoms with van der Waals surface area (Å²) in [7, 11) is 1.91. The minimum atomic E-state index is -0.641. The van der Waals surface area contributed by atoms with Gasteiger partial charge >= 0.3 is 0 Å². The van der Waals surface area contributed by atoms with Crippen molar-refractivity contribution in [2.45, 2.75) is 26.3 Å². The molecule has 2 rings (SSSR count). The predicted molar refractivity (Wildman–Crippen MR) is 75.1 cm³/mol. The van der Waals surface area contributed by atoms with Crippen molar-refractivity contribution in [3.05, 3.63) is 36.4 Å². The Balaban J connectivity index is 2.23. The number of aliphatic hydroxyl groups is 2. The van der Waals surface area contributed by atoms with Gasteiger partial charge in [-0.3, -0.25) is 0 Å². The summed E-state index contributed by atoms with van der Waals surface area (Å²) in [6.07, 6.45) is 8.28. The molecule has 0 bridgehead atoms. The highest BCUT2D eigenvalue weighted by Gasteiger charge is 2.32. The number of nitrogens with zero attached hydrogens (tertiary/aromatic N) is 4. The molecule has 6 nitrogen and oxygen atoms in total. The lowest BCUT2D eigenvalue weighted by Crippen LogP contribution is -2.36. The molecule has 0 fully saturated rings. The lowest BCUT2D eigenvalue weighted by molar-refractivity contribution is 0.0503. The topological polar surface area (TPSA) is 76.1 Å². The van der Waals surface area contributed by atoms with Crippen molar-refractivity contribution in [1.82, 2.24) is 19.1 Å². The van der Waals surface area contributed by atoms with E-state index in [-0.39, 0.29) is 13.2 Å². The van der Waals surface area contributed by atoms with Gasteiger partial charge in [0.1, 0.15) is 11.6 Å². The molecule has 0 aliphatic carbocycles. The SMILES string of the molecule is CCn1ccnc1CC(CO)(CO)Cc1nccn1C. The Bertz CT molecular complexity index is 543. The molecular weight excluding hydrogens is 256 g/mol. The fraction of sp³-hybridized carbons (Fsp3) is 0.571. The summed E-state index contributed by atoms with van der Waals surface area (Å²) in [5.74, 6) is 1.73. The third-order valence-corrected chi connectivity index (χ3v) is 3.80. The summed E-state index contributed by atoms with van der Waals surface area (Å²) >= 11 is 0. The zero-order valence-corrected chi connectivity index (χ0v) is 12.0. The molecule has 110 valence electrons. The molecular formula is C14H22N4O2. The van der Waals surface area contributed by atoms with E-state index in [1.807, 2.05) is 35.5 Å². The average Bonchev–Trinajstić information content (AvgIpc) is 3.07. The van der Waals surface area contributed by atoms with Gasteiger partial charge in [0.15, 0.2) is 0 Å². The van der Waals surface area contributed by atoms with E-state index in [1.165, 1.54) is 0 Å². The fourth-order valence-electron chi connectivity index (χ4n) is 2.37. The van der Waals surface area contributed by atoms with Crippen LogP contribution in [0.2, 0.25) is 0 Å². The molecule has 0 atom stereocenters. The molecule has 0 spiro atoms. The monoisotopic (exact) mass is 278 g/mol. The highest BCUT2D eigenvalue weighted by atomic mass is 16.3. The highest BCUT2D eigenvalue weighted by Crippen LogP contribution is 2.26. The fourth-order valence-corrected chi connectivity index (χ4v) is 2.37. The predicted octanol–water partition coefficient (Wildman–Crippen LogP) is 0.393. The Labute approximate surface area is 118 Å². The van der Waals surface area contributed by atoms with E-state index in [0.717, 1.165) is 18.2 Å². The van der Waals surface area contributed by atoms with Gasteiger partial charge < -0.3 is 19.3 Å². The Morgan fingerprint density at radius 2 is 1.65 bits per heavy atom. The van der Waals surface area contributed by atoms with E-state index in [4.69, 9.17) is 0 Å². The maximum Gasteiger partial charge on any atom is 0.109 e.